The Morgan fingerprint density at radius 2 is 2.50 bits per heavy atom. The quantitative estimate of drug-likeness (QED) is 0.788. The summed E-state index contributed by atoms with van der Waals surface area (Å²) in [5, 5.41) is 14.2. The third kappa shape index (κ3) is 2.44. The molecule has 0 aliphatic rings. The number of hydrogen-bond donors (Lipinski definition) is 1. The van der Waals surface area contributed by atoms with Gasteiger partial charge in [-0.25, -0.2) is 9.78 Å². The summed E-state index contributed by atoms with van der Waals surface area (Å²) in [7, 11) is 0. The molecule has 0 atom stereocenters. The average molecular weight is 239 g/mol. The molecule has 84 valence electrons. The molecule has 0 bridgehead atoms. The van der Waals surface area contributed by atoms with Crippen LogP contribution in [0.15, 0.2) is 23.2 Å². The van der Waals surface area contributed by atoms with Gasteiger partial charge in [0.05, 0.1) is 18.7 Å². The number of rotatable bonds is 4. The zero-order valence-electron chi connectivity index (χ0n) is 8.24. The molecule has 2 aromatic rings. The molecule has 0 radical (unpaired) electrons. The molecule has 0 spiro atoms. The second-order valence-corrected chi connectivity index (χ2v) is 3.62. The van der Waals surface area contributed by atoms with Gasteiger partial charge in [-0.1, -0.05) is 0 Å². The van der Waals surface area contributed by atoms with Crippen LogP contribution in [0.5, 0.6) is 5.88 Å². The minimum atomic E-state index is -0.532. The zero-order chi connectivity index (χ0) is 11.4. The molecule has 0 amide bonds. The van der Waals surface area contributed by atoms with E-state index in [2.05, 4.69) is 10.1 Å². The van der Waals surface area contributed by atoms with E-state index in [-0.39, 0.29) is 18.2 Å². The van der Waals surface area contributed by atoms with Crippen molar-refractivity contribution in [3.8, 4) is 5.88 Å². The summed E-state index contributed by atoms with van der Waals surface area (Å²) in [5.74, 6) is -0.332. The number of esters is 1. The van der Waals surface area contributed by atoms with Gasteiger partial charge in [0.1, 0.15) is 0 Å². The molecule has 0 unspecified atom stereocenters. The Balaban J connectivity index is 2.01. The fourth-order valence-electron chi connectivity index (χ4n) is 1.09. The van der Waals surface area contributed by atoms with Gasteiger partial charge in [0.25, 0.3) is 0 Å². The standard InChI is InChI=1S/C9H9N3O3S/c13-4-3-12-2-1-8(11-12)15-9(14)7-5-16-6-10-7/h1-2,5-6,13H,3-4H2. The summed E-state index contributed by atoms with van der Waals surface area (Å²) >= 11 is 1.32. The van der Waals surface area contributed by atoms with Crippen molar-refractivity contribution in [3.05, 3.63) is 28.8 Å². The number of nitrogens with zero attached hydrogens (tertiary/aromatic N) is 3. The fourth-order valence-corrected chi connectivity index (χ4v) is 1.61. The van der Waals surface area contributed by atoms with E-state index in [1.807, 2.05) is 0 Å². The van der Waals surface area contributed by atoms with Crippen molar-refractivity contribution < 1.29 is 14.6 Å². The highest BCUT2D eigenvalue weighted by Gasteiger charge is 2.11. The third-order valence-corrected chi connectivity index (χ3v) is 2.37. The highest BCUT2D eigenvalue weighted by atomic mass is 32.1. The predicted molar refractivity (Wildman–Crippen MR) is 56.4 cm³/mol. The Morgan fingerprint density at radius 3 is 3.19 bits per heavy atom. The number of aliphatic hydroxyl groups excluding tert-OH is 1. The largest absolute Gasteiger partial charge is 0.401 e. The van der Waals surface area contributed by atoms with E-state index >= 15 is 0 Å². The Labute approximate surface area is 95.1 Å². The number of carbonyl (C=O) groups is 1. The SMILES string of the molecule is O=C(Oc1ccn(CCO)n1)c1cscn1. The maximum absolute atomic E-state index is 11.5. The number of aliphatic hydroxyl groups is 1. The fraction of sp³-hybridized carbons (Fsp3) is 0.222. The van der Waals surface area contributed by atoms with Crippen molar-refractivity contribution in [1.82, 2.24) is 14.8 Å². The van der Waals surface area contributed by atoms with Gasteiger partial charge in [0.15, 0.2) is 5.69 Å². The highest BCUT2D eigenvalue weighted by molar-refractivity contribution is 7.07. The number of thiazole rings is 1. The molecular formula is C9H9N3O3S. The Morgan fingerprint density at radius 1 is 1.62 bits per heavy atom. The highest BCUT2D eigenvalue weighted by Crippen LogP contribution is 2.09. The van der Waals surface area contributed by atoms with Crippen LogP contribution >= 0.6 is 11.3 Å². The van der Waals surface area contributed by atoms with E-state index in [4.69, 9.17) is 9.84 Å². The lowest BCUT2D eigenvalue weighted by Crippen LogP contribution is -2.10. The number of hydrogen-bond acceptors (Lipinski definition) is 6. The maximum atomic E-state index is 11.5. The zero-order valence-corrected chi connectivity index (χ0v) is 9.05. The van der Waals surface area contributed by atoms with Crippen LogP contribution in [0.25, 0.3) is 0 Å². The summed E-state index contributed by atoms with van der Waals surface area (Å²) in [6, 6.07) is 1.56. The summed E-state index contributed by atoms with van der Waals surface area (Å²) in [5.41, 5.74) is 1.82. The monoisotopic (exact) mass is 239 g/mol. The molecule has 0 aromatic carbocycles. The molecule has 0 aliphatic heterocycles. The molecule has 0 fully saturated rings. The Bertz CT molecular complexity index is 466. The molecule has 1 N–H and O–H groups in total. The first-order valence-electron chi connectivity index (χ1n) is 4.54. The second-order valence-electron chi connectivity index (χ2n) is 2.90. The van der Waals surface area contributed by atoms with Gasteiger partial charge < -0.3 is 9.84 Å². The maximum Gasteiger partial charge on any atom is 0.364 e. The second kappa shape index (κ2) is 4.86. The van der Waals surface area contributed by atoms with Crippen molar-refractivity contribution in [2.45, 2.75) is 6.54 Å². The van der Waals surface area contributed by atoms with E-state index in [9.17, 15) is 4.79 Å². The van der Waals surface area contributed by atoms with E-state index in [0.29, 0.717) is 6.54 Å². The molecular weight excluding hydrogens is 230 g/mol. The van der Waals surface area contributed by atoms with Crippen molar-refractivity contribution in [3.63, 3.8) is 0 Å². The number of aromatic nitrogens is 3. The smallest absolute Gasteiger partial charge is 0.364 e. The van der Waals surface area contributed by atoms with Crippen molar-refractivity contribution in [2.75, 3.05) is 6.61 Å². The van der Waals surface area contributed by atoms with Gasteiger partial charge in [-0.3, -0.25) is 4.68 Å². The number of ether oxygens (including phenoxy) is 1. The molecule has 16 heavy (non-hydrogen) atoms. The predicted octanol–water partition coefficient (Wildman–Crippen LogP) is 0.551. The van der Waals surface area contributed by atoms with Crippen LogP contribution in [0.3, 0.4) is 0 Å². The average Bonchev–Trinajstić information content (AvgIpc) is 2.89. The van der Waals surface area contributed by atoms with Gasteiger partial charge >= 0.3 is 5.97 Å². The molecule has 0 saturated heterocycles. The molecule has 2 heterocycles. The van der Waals surface area contributed by atoms with Crippen LogP contribution in [0.1, 0.15) is 10.5 Å². The summed E-state index contributed by atoms with van der Waals surface area (Å²) in [6.45, 7) is 0.357. The first-order chi connectivity index (χ1) is 7.79. The van der Waals surface area contributed by atoms with E-state index in [0.717, 1.165) is 0 Å². The van der Waals surface area contributed by atoms with Gasteiger partial charge in [-0.2, -0.15) is 0 Å². The summed E-state index contributed by atoms with van der Waals surface area (Å²) in [6.07, 6.45) is 1.62. The lowest BCUT2D eigenvalue weighted by atomic mass is 10.5. The first kappa shape index (κ1) is 10.8. The molecule has 2 rings (SSSR count). The van der Waals surface area contributed by atoms with Gasteiger partial charge in [-0.15, -0.1) is 16.4 Å². The van der Waals surface area contributed by atoms with Crippen LogP contribution < -0.4 is 4.74 Å². The summed E-state index contributed by atoms with van der Waals surface area (Å²) in [4.78, 5) is 15.3. The first-order valence-corrected chi connectivity index (χ1v) is 5.48. The van der Waals surface area contributed by atoms with E-state index < -0.39 is 5.97 Å². The van der Waals surface area contributed by atoms with Gasteiger partial charge in [0, 0.05) is 17.6 Å². The minimum Gasteiger partial charge on any atom is -0.401 e. The van der Waals surface area contributed by atoms with Crippen molar-refractivity contribution in [2.24, 2.45) is 0 Å². The van der Waals surface area contributed by atoms with Crippen molar-refractivity contribution in [1.29, 1.82) is 0 Å². The van der Waals surface area contributed by atoms with Crippen LogP contribution in [0.2, 0.25) is 0 Å². The van der Waals surface area contributed by atoms with Gasteiger partial charge in [0.2, 0.25) is 5.88 Å². The van der Waals surface area contributed by atoms with E-state index in [1.54, 1.807) is 23.2 Å². The minimum absolute atomic E-state index is 0.0127. The van der Waals surface area contributed by atoms with Gasteiger partial charge in [-0.05, 0) is 0 Å². The third-order valence-electron chi connectivity index (χ3n) is 1.78. The molecule has 2 aromatic heterocycles. The lowest BCUT2D eigenvalue weighted by Gasteiger charge is -1.97. The molecule has 7 heteroatoms. The van der Waals surface area contributed by atoms with Crippen LogP contribution in [-0.2, 0) is 6.54 Å². The molecule has 0 aliphatic carbocycles. The Kier molecular flexibility index (Phi) is 3.28. The van der Waals surface area contributed by atoms with Crippen molar-refractivity contribution >= 4 is 17.3 Å². The molecule has 6 nitrogen and oxygen atoms in total. The number of carbonyl (C=O) groups excluding carboxylic acids is 1. The van der Waals surface area contributed by atoms with Crippen LogP contribution in [0, 0.1) is 0 Å². The lowest BCUT2D eigenvalue weighted by molar-refractivity contribution is 0.0721. The topological polar surface area (TPSA) is 77.2 Å². The summed E-state index contributed by atoms with van der Waals surface area (Å²) < 4.78 is 6.47. The van der Waals surface area contributed by atoms with Crippen LogP contribution in [0.4, 0.5) is 0 Å². The Hall–Kier alpha value is -1.73. The van der Waals surface area contributed by atoms with E-state index in [1.165, 1.54) is 16.0 Å². The molecule has 0 saturated carbocycles. The van der Waals surface area contributed by atoms with Crippen LogP contribution in [-0.4, -0.2) is 32.4 Å². The normalized spacial score (nSPS) is 10.3.